The average molecular weight is 452 g/mol. The number of anilines is 1. The molecule has 2 fully saturated rings. The molecule has 0 aliphatic carbocycles. The summed E-state index contributed by atoms with van der Waals surface area (Å²) in [7, 11) is 0. The lowest BCUT2D eigenvalue weighted by Gasteiger charge is -2.36. The molecule has 1 aromatic heterocycles. The summed E-state index contributed by atoms with van der Waals surface area (Å²) in [5.74, 6) is -0.492. The maximum atomic E-state index is 14.2. The number of hydrogen-bond acceptors (Lipinski definition) is 4. The Morgan fingerprint density at radius 3 is 2.45 bits per heavy atom. The van der Waals surface area contributed by atoms with E-state index in [0.717, 1.165) is 31.6 Å². The quantitative estimate of drug-likeness (QED) is 0.659. The van der Waals surface area contributed by atoms with Gasteiger partial charge in [-0.2, -0.15) is 5.10 Å². The summed E-state index contributed by atoms with van der Waals surface area (Å²) in [6.07, 6.45) is 3.40. The monoisotopic (exact) mass is 451 g/mol. The van der Waals surface area contributed by atoms with E-state index in [1.807, 2.05) is 21.9 Å². The number of piperazine rings is 1. The van der Waals surface area contributed by atoms with Crippen molar-refractivity contribution in [3.63, 3.8) is 0 Å². The van der Waals surface area contributed by atoms with Crippen LogP contribution in [0.25, 0.3) is 5.69 Å². The Hall–Kier alpha value is -3.26. The van der Waals surface area contributed by atoms with Crippen LogP contribution in [0.2, 0.25) is 0 Å². The van der Waals surface area contributed by atoms with Crippen LogP contribution >= 0.6 is 0 Å². The molecule has 33 heavy (non-hydrogen) atoms. The van der Waals surface area contributed by atoms with Crippen molar-refractivity contribution < 1.29 is 13.6 Å². The fraction of sp³-hybridized carbons (Fsp3) is 0.360. The molecule has 2 aliphatic heterocycles. The number of para-hydroxylation sites is 1. The topological polar surface area (TPSA) is 53.4 Å². The summed E-state index contributed by atoms with van der Waals surface area (Å²) >= 11 is 0. The van der Waals surface area contributed by atoms with Crippen LogP contribution in [0.5, 0.6) is 0 Å². The SMILES string of the molecule is O=C(c1cnn(-c2cccc(F)c2)c1C1CCNCC1)N1CCN(c2ccccc2F)CC1. The first kappa shape index (κ1) is 21.6. The molecule has 5 rings (SSSR count). The number of amides is 1. The van der Waals surface area contributed by atoms with Crippen molar-refractivity contribution in [2.24, 2.45) is 0 Å². The van der Waals surface area contributed by atoms with E-state index >= 15 is 0 Å². The molecule has 1 N–H and O–H groups in total. The van der Waals surface area contributed by atoms with Gasteiger partial charge in [0.05, 0.1) is 28.8 Å². The van der Waals surface area contributed by atoms with Crippen LogP contribution in [0.4, 0.5) is 14.5 Å². The number of hydrogen-bond donors (Lipinski definition) is 1. The maximum Gasteiger partial charge on any atom is 0.257 e. The molecular formula is C25H27F2N5O. The molecule has 1 amide bonds. The number of piperidine rings is 1. The Balaban J connectivity index is 1.40. The van der Waals surface area contributed by atoms with E-state index in [1.54, 1.807) is 29.1 Å². The Bertz CT molecular complexity index is 1130. The number of aromatic nitrogens is 2. The van der Waals surface area contributed by atoms with Crippen LogP contribution in [0.15, 0.2) is 54.7 Å². The molecule has 0 spiro atoms. The third-order valence-corrected chi connectivity index (χ3v) is 6.58. The second kappa shape index (κ2) is 9.31. The first-order valence-electron chi connectivity index (χ1n) is 11.4. The molecule has 6 nitrogen and oxygen atoms in total. The largest absolute Gasteiger partial charge is 0.366 e. The van der Waals surface area contributed by atoms with E-state index in [9.17, 15) is 13.6 Å². The van der Waals surface area contributed by atoms with Gasteiger partial charge >= 0.3 is 0 Å². The number of halogens is 2. The van der Waals surface area contributed by atoms with Crippen molar-refractivity contribution in [2.45, 2.75) is 18.8 Å². The fourth-order valence-corrected chi connectivity index (χ4v) is 4.85. The van der Waals surface area contributed by atoms with Gasteiger partial charge in [0, 0.05) is 32.1 Å². The summed E-state index contributed by atoms with van der Waals surface area (Å²) < 4.78 is 29.8. The molecule has 2 aromatic carbocycles. The zero-order valence-electron chi connectivity index (χ0n) is 18.4. The summed E-state index contributed by atoms with van der Waals surface area (Å²) in [6.45, 7) is 3.87. The third-order valence-electron chi connectivity index (χ3n) is 6.58. The van der Waals surface area contributed by atoms with Crippen LogP contribution in [0.3, 0.4) is 0 Å². The number of rotatable bonds is 4. The van der Waals surface area contributed by atoms with Gasteiger partial charge in [-0.3, -0.25) is 4.79 Å². The highest BCUT2D eigenvalue weighted by atomic mass is 19.1. The minimum atomic E-state index is -0.337. The standard InChI is InChI=1S/C25H27F2N5O/c26-19-4-3-5-20(16-19)32-24(18-8-10-28-11-9-18)21(17-29-32)25(33)31-14-12-30(13-15-31)23-7-2-1-6-22(23)27/h1-7,16-18,28H,8-15H2. The molecule has 0 atom stereocenters. The minimum Gasteiger partial charge on any atom is -0.366 e. The molecule has 2 aliphatic rings. The molecule has 2 saturated heterocycles. The lowest BCUT2D eigenvalue weighted by atomic mass is 9.91. The van der Waals surface area contributed by atoms with Crippen LogP contribution in [-0.4, -0.2) is 59.9 Å². The number of nitrogens with zero attached hydrogens (tertiary/aromatic N) is 4. The molecular weight excluding hydrogens is 424 g/mol. The van der Waals surface area contributed by atoms with E-state index in [1.165, 1.54) is 18.2 Å². The molecule has 8 heteroatoms. The molecule has 0 unspecified atom stereocenters. The highest BCUT2D eigenvalue weighted by molar-refractivity contribution is 5.95. The Labute approximate surface area is 191 Å². The highest BCUT2D eigenvalue weighted by Crippen LogP contribution is 2.31. The van der Waals surface area contributed by atoms with Gasteiger partial charge in [0.2, 0.25) is 0 Å². The van der Waals surface area contributed by atoms with Gasteiger partial charge in [0.1, 0.15) is 11.6 Å². The van der Waals surface area contributed by atoms with E-state index < -0.39 is 0 Å². The molecule has 3 heterocycles. The van der Waals surface area contributed by atoms with Gasteiger partial charge in [0.25, 0.3) is 5.91 Å². The van der Waals surface area contributed by atoms with Gasteiger partial charge in [-0.15, -0.1) is 0 Å². The van der Waals surface area contributed by atoms with E-state index in [2.05, 4.69) is 10.4 Å². The van der Waals surface area contributed by atoms with Crippen molar-refractivity contribution in [3.8, 4) is 5.69 Å². The predicted octanol–water partition coefficient (Wildman–Crippen LogP) is 3.58. The van der Waals surface area contributed by atoms with Gasteiger partial charge in [-0.05, 0) is 56.3 Å². The minimum absolute atomic E-state index is 0.0700. The van der Waals surface area contributed by atoms with Crippen LogP contribution < -0.4 is 10.2 Å². The molecule has 0 radical (unpaired) electrons. The maximum absolute atomic E-state index is 14.2. The smallest absolute Gasteiger partial charge is 0.257 e. The Kier molecular flexibility index (Phi) is 6.09. The number of benzene rings is 2. The van der Waals surface area contributed by atoms with Gasteiger partial charge < -0.3 is 15.1 Å². The van der Waals surface area contributed by atoms with Crippen molar-refractivity contribution in [1.29, 1.82) is 0 Å². The summed E-state index contributed by atoms with van der Waals surface area (Å²) in [5.41, 5.74) is 2.61. The van der Waals surface area contributed by atoms with Crippen molar-refractivity contribution >= 4 is 11.6 Å². The predicted molar refractivity (Wildman–Crippen MR) is 123 cm³/mol. The average Bonchev–Trinajstić information content (AvgIpc) is 3.30. The molecule has 172 valence electrons. The summed E-state index contributed by atoms with van der Waals surface area (Å²) in [4.78, 5) is 17.4. The molecule has 0 bridgehead atoms. The highest BCUT2D eigenvalue weighted by Gasteiger charge is 2.31. The number of carbonyl (C=O) groups excluding carboxylic acids is 1. The van der Waals surface area contributed by atoms with Gasteiger partial charge in [-0.1, -0.05) is 18.2 Å². The fourth-order valence-electron chi connectivity index (χ4n) is 4.85. The first-order valence-corrected chi connectivity index (χ1v) is 11.4. The van der Waals surface area contributed by atoms with Gasteiger partial charge in [-0.25, -0.2) is 13.5 Å². The zero-order chi connectivity index (χ0) is 22.8. The van der Waals surface area contributed by atoms with Crippen molar-refractivity contribution in [3.05, 3.63) is 77.6 Å². The lowest BCUT2D eigenvalue weighted by molar-refractivity contribution is 0.0744. The summed E-state index contributed by atoms with van der Waals surface area (Å²) in [5, 5.41) is 7.88. The second-order valence-corrected chi connectivity index (χ2v) is 8.59. The lowest BCUT2D eigenvalue weighted by Crippen LogP contribution is -2.49. The third kappa shape index (κ3) is 4.35. The van der Waals surface area contributed by atoms with Crippen LogP contribution in [0, 0.1) is 11.6 Å². The Morgan fingerprint density at radius 2 is 1.73 bits per heavy atom. The van der Waals surface area contributed by atoms with Crippen LogP contribution in [-0.2, 0) is 0 Å². The van der Waals surface area contributed by atoms with E-state index in [0.29, 0.717) is 43.1 Å². The van der Waals surface area contributed by atoms with Crippen LogP contribution in [0.1, 0.15) is 34.8 Å². The zero-order valence-corrected chi connectivity index (χ0v) is 18.4. The first-order chi connectivity index (χ1) is 16.1. The normalized spacial score (nSPS) is 17.4. The Morgan fingerprint density at radius 1 is 0.970 bits per heavy atom. The van der Waals surface area contributed by atoms with Crippen molar-refractivity contribution in [1.82, 2.24) is 20.0 Å². The second-order valence-electron chi connectivity index (χ2n) is 8.59. The molecule has 3 aromatic rings. The molecule has 0 saturated carbocycles. The van der Waals surface area contributed by atoms with E-state index in [-0.39, 0.29) is 23.5 Å². The summed E-state index contributed by atoms with van der Waals surface area (Å²) in [6, 6.07) is 13.0. The number of nitrogens with one attached hydrogen (secondary N) is 1. The van der Waals surface area contributed by atoms with Crippen molar-refractivity contribution in [2.75, 3.05) is 44.2 Å². The van der Waals surface area contributed by atoms with E-state index in [4.69, 9.17) is 0 Å². The van der Waals surface area contributed by atoms with Gasteiger partial charge in [0.15, 0.2) is 0 Å². The number of carbonyl (C=O) groups is 1.